The Kier molecular flexibility index (Phi) is 4.22. The Hall–Kier alpha value is -1.79. The van der Waals surface area contributed by atoms with Crippen LogP contribution in [0.3, 0.4) is 0 Å². The van der Waals surface area contributed by atoms with Crippen LogP contribution in [0.2, 0.25) is 0 Å². The maximum absolute atomic E-state index is 13.3. The zero-order valence-corrected chi connectivity index (χ0v) is 12.4. The molecule has 0 unspecified atom stereocenters. The van der Waals surface area contributed by atoms with Crippen LogP contribution in [0.1, 0.15) is 36.1 Å². The highest BCUT2D eigenvalue weighted by Crippen LogP contribution is 2.33. The Morgan fingerprint density at radius 1 is 1.36 bits per heavy atom. The van der Waals surface area contributed by atoms with Gasteiger partial charge in [0.15, 0.2) is 11.6 Å². The van der Waals surface area contributed by atoms with Crippen molar-refractivity contribution in [2.45, 2.75) is 25.0 Å². The quantitative estimate of drug-likeness (QED) is 0.944. The summed E-state index contributed by atoms with van der Waals surface area (Å²) in [7, 11) is 1.87. The number of halogens is 2. The average molecular weight is 307 g/mol. The average Bonchev–Trinajstić information content (AvgIpc) is 3.10. The third kappa shape index (κ3) is 3.03. The van der Waals surface area contributed by atoms with Crippen LogP contribution in [0.15, 0.2) is 30.6 Å². The summed E-state index contributed by atoms with van der Waals surface area (Å²) in [4.78, 5) is 2.17. The smallest absolute Gasteiger partial charge is 0.159 e. The van der Waals surface area contributed by atoms with Crippen molar-refractivity contribution in [3.05, 3.63) is 53.4 Å². The summed E-state index contributed by atoms with van der Waals surface area (Å²) in [6, 6.07) is 3.76. The van der Waals surface area contributed by atoms with Gasteiger partial charge in [0.05, 0.1) is 12.3 Å². The molecule has 2 aromatic rings. The van der Waals surface area contributed by atoms with Crippen LogP contribution < -0.4 is 0 Å². The number of aliphatic hydroxyl groups excluding tert-OH is 1. The lowest BCUT2D eigenvalue weighted by Gasteiger charge is -2.26. The molecule has 1 aromatic heterocycles. The number of aryl methyl sites for hydroxylation is 1. The van der Waals surface area contributed by atoms with E-state index < -0.39 is 17.7 Å². The van der Waals surface area contributed by atoms with Crippen molar-refractivity contribution in [2.24, 2.45) is 7.05 Å². The topological polar surface area (TPSA) is 41.3 Å². The monoisotopic (exact) mass is 307 g/mol. The lowest BCUT2D eigenvalue weighted by atomic mass is 10.1. The van der Waals surface area contributed by atoms with Crippen LogP contribution in [0.4, 0.5) is 8.78 Å². The summed E-state index contributed by atoms with van der Waals surface area (Å²) in [5.74, 6) is -1.83. The third-order valence-electron chi connectivity index (χ3n) is 4.21. The van der Waals surface area contributed by atoms with Crippen LogP contribution in [0.25, 0.3) is 0 Å². The summed E-state index contributed by atoms with van der Waals surface area (Å²) >= 11 is 0. The summed E-state index contributed by atoms with van der Waals surface area (Å²) in [5, 5.41) is 14.5. The Morgan fingerprint density at radius 2 is 2.18 bits per heavy atom. The van der Waals surface area contributed by atoms with Crippen LogP contribution in [0, 0.1) is 11.6 Å². The highest BCUT2D eigenvalue weighted by atomic mass is 19.2. The molecule has 1 fully saturated rings. The molecule has 1 aliphatic heterocycles. The van der Waals surface area contributed by atoms with E-state index in [1.54, 1.807) is 4.68 Å². The first kappa shape index (κ1) is 15.1. The Bertz CT molecular complexity index is 659. The van der Waals surface area contributed by atoms with E-state index in [2.05, 4.69) is 10.00 Å². The summed E-state index contributed by atoms with van der Waals surface area (Å²) in [6.45, 7) is 1.27. The minimum atomic E-state index is -0.929. The Morgan fingerprint density at radius 3 is 2.86 bits per heavy atom. The zero-order chi connectivity index (χ0) is 15.7. The third-order valence-corrected chi connectivity index (χ3v) is 4.21. The number of aromatic nitrogens is 2. The molecule has 22 heavy (non-hydrogen) atoms. The standard InChI is InChI=1S/C16H19F2N3O/c1-20-9-12(8-19-20)15-3-2-6-21(15)10-16(22)11-4-5-13(17)14(18)7-11/h4-5,7-9,15-16,22H,2-3,6,10H2,1H3/t15-,16+/m1/s1. The van der Waals surface area contributed by atoms with E-state index in [9.17, 15) is 13.9 Å². The predicted molar refractivity (Wildman–Crippen MR) is 78.1 cm³/mol. The molecule has 0 radical (unpaired) electrons. The Labute approximate surface area is 128 Å². The van der Waals surface area contributed by atoms with E-state index in [4.69, 9.17) is 0 Å². The van der Waals surface area contributed by atoms with Gasteiger partial charge in [0.2, 0.25) is 0 Å². The second-order valence-electron chi connectivity index (χ2n) is 5.79. The molecular weight excluding hydrogens is 288 g/mol. The van der Waals surface area contributed by atoms with Crippen molar-refractivity contribution in [1.29, 1.82) is 0 Å². The van der Waals surface area contributed by atoms with Gasteiger partial charge in [-0.2, -0.15) is 5.10 Å². The lowest BCUT2D eigenvalue weighted by Crippen LogP contribution is -2.28. The second kappa shape index (κ2) is 6.14. The van der Waals surface area contributed by atoms with Crippen LogP contribution >= 0.6 is 0 Å². The second-order valence-corrected chi connectivity index (χ2v) is 5.79. The molecule has 4 nitrogen and oxygen atoms in total. The van der Waals surface area contributed by atoms with Gasteiger partial charge in [0.1, 0.15) is 0 Å². The minimum Gasteiger partial charge on any atom is -0.387 e. The van der Waals surface area contributed by atoms with Crippen molar-refractivity contribution >= 4 is 0 Å². The number of aliphatic hydroxyl groups is 1. The highest BCUT2D eigenvalue weighted by Gasteiger charge is 2.28. The number of nitrogens with zero attached hydrogens (tertiary/aromatic N) is 3. The molecule has 0 spiro atoms. The molecule has 0 bridgehead atoms. The van der Waals surface area contributed by atoms with E-state index in [-0.39, 0.29) is 6.04 Å². The van der Waals surface area contributed by atoms with Crippen LogP contribution in [-0.2, 0) is 7.05 Å². The molecule has 0 saturated carbocycles. The molecule has 1 aromatic carbocycles. The van der Waals surface area contributed by atoms with Gasteiger partial charge in [-0.15, -0.1) is 0 Å². The zero-order valence-electron chi connectivity index (χ0n) is 12.4. The fraction of sp³-hybridized carbons (Fsp3) is 0.438. The van der Waals surface area contributed by atoms with E-state index in [0.29, 0.717) is 12.1 Å². The number of hydrogen-bond donors (Lipinski definition) is 1. The first-order chi connectivity index (χ1) is 10.5. The van der Waals surface area contributed by atoms with Crippen LogP contribution in [-0.4, -0.2) is 32.9 Å². The number of rotatable bonds is 4. The van der Waals surface area contributed by atoms with Crippen molar-refractivity contribution < 1.29 is 13.9 Å². The molecular formula is C16H19F2N3O. The number of benzene rings is 1. The van der Waals surface area contributed by atoms with E-state index >= 15 is 0 Å². The molecule has 118 valence electrons. The van der Waals surface area contributed by atoms with Crippen molar-refractivity contribution in [2.75, 3.05) is 13.1 Å². The van der Waals surface area contributed by atoms with Crippen molar-refractivity contribution in [3.8, 4) is 0 Å². The maximum atomic E-state index is 13.3. The van der Waals surface area contributed by atoms with Crippen molar-refractivity contribution in [3.63, 3.8) is 0 Å². The lowest BCUT2D eigenvalue weighted by molar-refractivity contribution is 0.106. The summed E-state index contributed by atoms with van der Waals surface area (Å²) < 4.78 is 28.0. The fourth-order valence-corrected chi connectivity index (χ4v) is 3.08. The summed E-state index contributed by atoms with van der Waals surface area (Å²) in [6.07, 6.45) is 5.03. The highest BCUT2D eigenvalue weighted by molar-refractivity contribution is 5.21. The molecule has 1 N–H and O–H groups in total. The van der Waals surface area contributed by atoms with Gasteiger partial charge in [0.25, 0.3) is 0 Å². The van der Waals surface area contributed by atoms with Gasteiger partial charge in [-0.3, -0.25) is 9.58 Å². The predicted octanol–water partition coefficient (Wildman–Crippen LogP) is 2.57. The fourth-order valence-electron chi connectivity index (χ4n) is 3.08. The number of hydrogen-bond acceptors (Lipinski definition) is 3. The maximum Gasteiger partial charge on any atom is 0.159 e. The molecule has 3 rings (SSSR count). The number of β-amino-alcohol motifs (C(OH)–C–C–N with tert-alkyl or cyclic N) is 1. The number of likely N-dealkylation sites (tertiary alicyclic amines) is 1. The van der Waals surface area contributed by atoms with Crippen LogP contribution in [0.5, 0.6) is 0 Å². The molecule has 2 atom stereocenters. The SMILES string of the molecule is Cn1cc([C@H]2CCCN2C[C@H](O)c2ccc(F)c(F)c2)cn1. The molecule has 6 heteroatoms. The van der Waals surface area contributed by atoms with Gasteiger partial charge < -0.3 is 5.11 Å². The molecule has 0 aliphatic carbocycles. The molecule has 0 amide bonds. The molecule has 1 aliphatic rings. The van der Waals surface area contributed by atoms with Crippen molar-refractivity contribution in [1.82, 2.24) is 14.7 Å². The van der Waals surface area contributed by atoms with Gasteiger partial charge >= 0.3 is 0 Å². The van der Waals surface area contributed by atoms with Gasteiger partial charge in [-0.05, 0) is 37.1 Å². The van der Waals surface area contributed by atoms with E-state index in [0.717, 1.165) is 37.1 Å². The van der Waals surface area contributed by atoms with E-state index in [1.807, 2.05) is 19.4 Å². The summed E-state index contributed by atoms with van der Waals surface area (Å²) in [5.41, 5.74) is 1.52. The van der Waals surface area contributed by atoms with Gasteiger partial charge in [-0.25, -0.2) is 8.78 Å². The largest absolute Gasteiger partial charge is 0.387 e. The first-order valence-electron chi connectivity index (χ1n) is 7.40. The van der Waals surface area contributed by atoms with E-state index in [1.165, 1.54) is 6.07 Å². The van der Waals surface area contributed by atoms with Gasteiger partial charge in [0, 0.05) is 31.4 Å². The minimum absolute atomic E-state index is 0.216. The molecule has 1 saturated heterocycles. The first-order valence-corrected chi connectivity index (χ1v) is 7.40. The normalized spacial score (nSPS) is 20.5. The van der Waals surface area contributed by atoms with Gasteiger partial charge in [-0.1, -0.05) is 6.07 Å². The molecule has 2 heterocycles. The Balaban J connectivity index is 1.72.